The summed E-state index contributed by atoms with van der Waals surface area (Å²) in [4.78, 5) is 12.6. The zero-order valence-corrected chi connectivity index (χ0v) is 15.2. The number of hydrogen-bond acceptors (Lipinski definition) is 10. The molecule has 0 radical (unpaired) electrons. The maximum atomic E-state index is 10.2. The van der Waals surface area contributed by atoms with Crippen molar-refractivity contribution < 1.29 is 20.1 Å². The van der Waals surface area contributed by atoms with Crippen molar-refractivity contribution in [2.24, 2.45) is 11.0 Å². The largest absolute Gasteiger partial charge is 0.394 e. The third-order valence-corrected chi connectivity index (χ3v) is 4.74. The summed E-state index contributed by atoms with van der Waals surface area (Å²) in [5.41, 5.74) is 9.37. The summed E-state index contributed by atoms with van der Waals surface area (Å²) in [5, 5.41) is 33.6. The third-order valence-electron chi connectivity index (χ3n) is 4.74. The Morgan fingerprint density at radius 3 is 2.70 bits per heavy atom. The van der Waals surface area contributed by atoms with Crippen LogP contribution in [0.1, 0.15) is 32.9 Å². The quantitative estimate of drug-likeness (QED) is 0.325. The highest BCUT2D eigenvalue weighted by atomic mass is 16.6. The Kier molecular flexibility index (Phi) is 5.85. The molecular weight excluding hydrogens is 354 g/mol. The lowest BCUT2D eigenvalue weighted by Crippen LogP contribution is -2.33. The lowest BCUT2D eigenvalue weighted by molar-refractivity contribution is -0.0511. The number of aliphatic hydroxyl groups excluding tert-OH is 3. The van der Waals surface area contributed by atoms with Gasteiger partial charge in [-0.2, -0.15) is 15.1 Å². The predicted octanol–water partition coefficient (Wildman–Crippen LogP) is -0.146. The van der Waals surface area contributed by atoms with Crippen molar-refractivity contribution in [3.8, 4) is 0 Å². The second kappa shape index (κ2) is 8.13. The number of imidazole rings is 1. The van der Waals surface area contributed by atoms with Gasteiger partial charge < -0.3 is 25.8 Å². The number of hydrazone groups is 1. The maximum absolute atomic E-state index is 10.2. The van der Waals surface area contributed by atoms with E-state index in [1.807, 2.05) is 0 Å². The summed E-state index contributed by atoms with van der Waals surface area (Å²) in [7, 11) is 0. The Hall–Kier alpha value is -2.34. The lowest BCUT2D eigenvalue weighted by atomic mass is 10.1. The molecule has 2 aromatic rings. The van der Waals surface area contributed by atoms with Gasteiger partial charge in [-0.1, -0.05) is 13.8 Å². The normalized spacial score (nSPS) is 25.9. The Balaban J connectivity index is 1.89. The number of nitrogens with zero attached hydrogens (tertiary/aromatic N) is 5. The van der Waals surface area contributed by atoms with Gasteiger partial charge in [0.2, 0.25) is 5.95 Å². The number of ether oxygens (including phenoxy) is 1. The smallest absolute Gasteiger partial charge is 0.247 e. The topological polar surface area (TPSA) is 164 Å². The summed E-state index contributed by atoms with van der Waals surface area (Å²) in [5.74, 6) is 0.671. The van der Waals surface area contributed by atoms with E-state index in [0.29, 0.717) is 17.1 Å². The van der Waals surface area contributed by atoms with E-state index >= 15 is 0 Å². The molecule has 3 heterocycles. The molecule has 1 unspecified atom stereocenters. The molecule has 0 saturated carbocycles. The average molecular weight is 379 g/mol. The molecule has 0 spiro atoms. The number of fused-ring (bicyclic) bond motifs is 1. The number of aliphatic hydroxyl groups is 3. The highest BCUT2D eigenvalue weighted by molar-refractivity contribution is 5.83. The van der Waals surface area contributed by atoms with Gasteiger partial charge in [-0.15, -0.1) is 0 Å². The van der Waals surface area contributed by atoms with Gasteiger partial charge in [-0.3, -0.25) is 4.57 Å². The zero-order chi connectivity index (χ0) is 19.6. The number of nitrogen functional groups attached to an aromatic ring is 1. The molecular formula is C16H25N7O4. The molecule has 11 nitrogen and oxygen atoms in total. The Bertz CT molecular complexity index is 807. The van der Waals surface area contributed by atoms with Crippen LogP contribution in [0.15, 0.2) is 11.4 Å². The number of aromatic nitrogens is 4. The Morgan fingerprint density at radius 2 is 2.07 bits per heavy atom. The molecule has 27 heavy (non-hydrogen) atoms. The van der Waals surface area contributed by atoms with E-state index in [1.165, 1.54) is 10.9 Å². The van der Waals surface area contributed by atoms with Gasteiger partial charge in [0.05, 0.1) is 12.9 Å². The first-order valence-corrected chi connectivity index (χ1v) is 8.91. The zero-order valence-electron chi connectivity index (χ0n) is 15.2. The molecule has 1 saturated heterocycles. The molecule has 4 atom stereocenters. The van der Waals surface area contributed by atoms with Crippen molar-refractivity contribution in [1.82, 2.24) is 19.5 Å². The van der Waals surface area contributed by atoms with Crippen molar-refractivity contribution >= 4 is 29.1 Å². The van der Waals surface area contributed by atoms with Crippen molar-refractivity contribution in [2.45, 2.75) is 51.2 Å². The first-order chi connectivity index (χ1) is 13.0. The van der Waals surface area contributed by atoms with E-state index in [4.69, 9.17) is 10.5 Å². The highest BCUT2D eigenvalue weighted by Crippen LogP contribution is 2.32. The van der Waals surface area contributed by atoms with Crippen molar-refractivity contribution in [2.75, 3.05) is 17.8 Å². The predicted molar refractivity (Wildman–Crippen MR) is 98.9 cm³/mol. The molecule has 148 valence electrons. The fourth-order valence-corrected chi connectivity index (χ4v) is 2.98. The Morgan fingerprint density at radius 1 is 1.33 bits per heavy atom. The number of hydrogen-bond donors (Lipinski definition) is 5. The summed E-state index contributed by atoms with van der Waals surface area (Å²) >= 11 is 0. The van der Waals surface area contributed by atoms with Crippen LogP contribution in [0.5, 0.6) is 0 Å². The molecule has 1 aliphatic heterocycles. The monoisotopic (exact) mass is 379 g/mol. The molecule has 1 fully saturated rings. The minimum absolute atomic E-state index is 0.144. The third kappa shape index (κ3) is 3.72. The van der Waals surface area contributed by atoms with Crippen LogP contribution in [0.4, 0.5) is 11.8 Å². The summed E-state index contributed by atoms with van der Waals surface area (Å²) in [6.07, 6.45) is 0.809. The minimum Gasteiger partial charge on any atom is -0.394 e. The van der Waals surface area contributed by atoms with Crippen LogP contribution >= 0.6 is 0 Å². The van der Waals surface area contributed by atoms with Crippen LogP contribution < -0.4 is 11.2 Å². The molecule has 2 aromatic heterocycles. The van der Waals surface area contributed by atoms with Crippen LogP contribution in [-0.4, -0.2) is 66.0 Å². The maximum Gasteiger partial charge on any atom is 0.247 e. The lowest BCUT2D eigenvalue weighted by Gasteiger charge is -2.16. The molecule has 0 bridgehead atoms. The van der Waals surface area contributed by atoms with E-state index in [0.717, 1.165) is 12.8 Å². The first kappa shape index (κ1) is 19.4. The molecule has 11 heteroatoms. The fourth-order valence-electron chi connectivity index (χ4n) is 2.98. The van der Waals surface area contributed by atoms with E-state index in [9.17, 15) is 15.3 Å². The molecule has 0 aromatic carbocycles. The van der Waals surface area contributed by atoms with Gasteiger partial charge >= 0.3 is 0 Å². The van der Waals surface area contributed by atoms with Crippen LogP contribution in [-0.2, 0) is 4.74 Å². The molecule has 3 rings (SSSR count). The number of rotatable bonds is 7. The summed E-state index contributed by atoms with van der Waals surface area (Å²) in [6.45, 7) is 3.75. The van der Waals surface area contributed by atoms with Crippen LogP contribution in [0.25, 0.3) is 11.2 Å². The fraction of sp³-hybridized carbons (Fsp3) is 0.625. The van der Waals surface area contributed by atoms with Crippen molar-refractivity contribution in [3.63, 3.8) is 0 Å². The second-order valence-corrected chi connectivity index (χ2v) is 6.45. The molecule has 6 N–H and O–H groups in total. The molecule has 1 aliphatic rings. The van der Waals surface area contributed by atoms with Gasteiger partial charge in [0, 0.05) is 6.21 Å². The van der Waals surface area contributed by atoms with Crippen LogP contribution in [0.2, 0.25) is 0 Å². The van der Waals surface area contributed by atoms with E-state index in [2.05, 4.69) is 39.3 Å². The number of anilines is 2. The van der Waals surface area contributed by atoms with Gasteiger partial charge in [-0.25, -0.2) is 10.4 Å². The number of nitrogens with one attached hydrogen (secondary N) is 1. The SMILES string of the molecule is CCC(/C=N/Nc1nc(N)c2ncn(C3O[C@H](CO)[C@@H](O)[C@H]3O)c2n1)CC. The Labute approximate surface area is 155 Å². The molecule has 0 aliphatic carbocycles. The van der Waals surface area contributed by atoms with Gasteiger partial charge in [-0.05, 0) is 18.8 Å². The molecule has 0 amide bonds. The van der Waals surface area contributed by atoms with Crippen LogP contribution in [0, 0.1) is 5.92 Å². The summed E-state index contributed by atoms with van der Waals surface area (Å²) in [6, 6.07) is 0. The van der Waals surface area contributed by atoms with Crippen molar-refractivity contribution in [3.05, 3.63) is 6.33 Å². The first-order valence-electron chi connectivity index (χ1n) is 8.91. The minimum atomic E-state index is -1.25. The van der Waals surface area contributed by atoms with Crippen molar-refractivity contribution in [1.29, 1.82) is 0 Å². The van der Waals surface area contributed by atoms with Crippen LogP contribution in [0.3, 0.4) is 0 Å². The van der Waals surface area contributed by atoms with E-state index in [-0.39, 0.29) is 11.8 Å². The van der Waals surface area contributed by atoms with E-state index < -0.39 is 31.1 Å². The average Bonchev–Trinajstić information content (AvgIpc) is 3.21. The standard InChI is InChI=1S/C16H25N7O4/c1-3-8(4-2)5-19-22-16-20-13(17)10-14(21-16)23(7-18-10)15-12(26)11(25)9(6-24)27-15/h5,7-9,11-12,15,24-26H,3-4,6H2,1-2H3,(H3,17,20,21,22)/b19-5+/t9-,11-,12-,15?/m1/s1. The highest BCUT2D eigenvalue weighted by Gasteiger charge is 2.44. The van der Waals surface area contributed by atoms with Gasteiger partial charge in [0.25, 0.3) is 0 Å². The van der Waals surface area contributed by atoms with E-state index in [1.54, 1.807) is 6.21 Å². The van der Waals surface area contributed by atoms with Gasteiger partial charge in [0.1, 0.15) is 23.8 Å². The second-order valence-electron chi connectivity index (χ2n) is 6.45. The number of nitrogens with two attached hydrogens (primary N) is 1. The summed E-state index contributed by atoms with van der Waals surface area (Å²) < 4.78 is 6.98. The van der Waals surface area contributed by atoms with Gasteiger partial charge in [0.15, 0.2) is 17.7 Å².